The smallest absolute Gasteiger partial charge is 0.292 e. The third kappa shape index (κ3) is 3.65. The molecule has 0 bridgehead atoms. The first-order chi connectivity index (χ1) is 9.58. The number of rotatable bonds is 5. The maximum absolute atomic E-state index is 10.8. The molecule has 2 aromatic carbocycles. The van der Waals surface area contributed by atoms with Crippen molar-refractivity contribution >= 4 is 34.7 Å². The lowest BCUT2D eigenvalue weighted by Gasteiger charge is -2.06. The number of halogens is 1. The van der Waals surface area contributed by atoms with E-state index < -0.39 is 4.92 Å². The summed E-state index contributed by atoms with van der Waals surface area (Å²) in [7, 11) is 0. The van der Waals surface area contributed by atoms with Gasteiger partial charge in [0.25, 0.3) is 5.69 Å². The zero-order valence-corrected chi connectivity index (χ0v) is 12.2. The van der Waals surface area contributed by atoms with E-state index in [-0.39, 0.29) is 11.4 Å². The molecule has 0 saturated carbocycles. The number of anilines is 1. The van der Waals surface area contributed by atoms with Crippen LogP contribution in [0.4, 0.5) is 11.4 Å². The maximum atomic E-state index is 10.8. The van der Waals surface area contributed by atoms with Crippen molar-refractivity contribution in [3.63, 3.8) is 0 Å². The van der Waals surface area contributed by atoms with Gasteiger partial charge in [0.15, 0.2) is 0 Å². The third-order valence-electron chi connectivity index (χ3n) is 2.81. The number of nitro groups is 1. The summed E-state index contributed by atoms with van der Waals surface area (Å²) in [6.45, 7) is 0. The standard InChI is InChI=1S/C14H13ClN2O2S/c15-12-6-4-10(5-7-12)8-20-9-11-2-1-3-13(14(11)16)17(18)19/h1-7H,8-9,16H2. The van der Waals surface area contributed by atoms with Crippen molar-refractivity contribution in [3.8, 4) is 0 Å². The zero-order valence-electron chi connectivity index (χ0n) is 10.6. The molecular formula is C14H13ClN2O2S. The fraction of sp³-hybridized carbons (Fsp3) is 0.143. The summed E-state index contributed by atoms with van der Waals surface area (Å²) in [5.74, 6) is 1.44. The van der Waals surface area contributed by atoms with E-state index in [0.29, 0.717) is 10.8 Å². The van der Waals surface area contributed by atoms with Gasteiger partial charge >= 0.3 is 0 Å². The van der Waals surface area contributed by atoms with Crippen LogP contribution in [-0.4, -0.2) is 4.92 Å². The molecule has 6 heteroatoms. The lowest BCUT2D eigenvalue weighted by atomic mass is 10.2. The number of hydrogen-bond donors (Lipinski definition) is 1. The highest BCUT2D eigenvalue weighted by Crippen LogP contribution is 2.28. The summed E-state index contributed by atoms with van der Waals surface area (Å²) >= 11 is 7.48. The first kappa shape index (κ1) is 14.7. The highest BCUT2D eigenvalue weighted by molar-refractivity contribution is 7.97. The zero-order chi connectivity index (χ0) is 14.5. The molecule has 0 aliphatic heterocycles. The van der Waals surface area contributed by atoms with Gasteiger partial charge in [-0.2, -0.15) is 11.8 Å². The average molecular weight is 309 g/mol. The van der Waals surface area contributed by atoms with Crippen LogP contribution >= 0.6 is 23.4 Å². The molecule has 2 rings (SSSR count). The van der Waals surface area contributed by atoms with Crippen molar-refractivity contribution in [2.75, 3.05) is 5.73 Å². The van der Waals surface area contributed by atoms with Crippen molar-refractivity contribution in [3.05, 3.63) is 68.7 Å². The molecule has 0 amide bonds. The minimum atomic E-state index is -0.456. The van der Waals surface area contributed by atoms with Gasteiger partial charge in [-0.3, -0.25) is 10.1 Å². The van der Waals surface area contributed by atoms with Crippen LogP contribution in [-0.2, 0) is 11.5 Å². The van der Waals surface area contributed by atoms with E-state index in [4.69, 9.17) is 17.3 Å². The summed E-state index contributed by atoms with van der Waals surface area (Å²) in [5.41, 5.74) is 7.98. The Morgan fingerprint density at radius 3 is 2.50 bits per heavy atom. The Morgan fingerprint density at radius 1 is 1.15 bits per heavy atom. The summed E-state index contributed by atoms with van der Waals surface area (Å²) < 4.78 is 0. The predicted octanol–water partition coefficient (Wildman–Crippen LogP) is 4.26. The van der Waals surface area contributed by atoms with E-state index in [1.165, 1.54) is 6.07 Å². The molecule has 104 valence electrons. The van der Waals surface area contributed by atoms with E-state index >= 15 is 0 Å². The first-order valence-electron chi connectivity index (χ1n) is 5.92. The van der Waals surface area contributed by atoms with Crippen molar-refractivity contribution in [1.82, 2.24) is 0 Å². The summed E-state index contributed by atoms with van der Waals surface area (Å²) in [5, 5.41) is 11.5. The van der Waals surface area contributed by atoms with Gasteiger partial charge in [0, 0.05) is 22.6 Å². The Kier molecular flexibility index (Phi) is 4.87. The second-order valence-corrected chi connectivity index (χ2v) is 5.65. The number of nitrogens with zero attached hydrogens (tertiary/aromatic N) is 1. The Bertz CT molecular complexity index is 617. The van der Waals surface area contributed by atoms with Crippen molar-refractivity contribution in [2.45, 2.75) is 11.5 Å². The van der Waals surface area contributed by atoms with Gasteiger partial charge in [0.1, 0.15) is 5.69 Å². The molecule has 0 radical (unpaired) electrons. The molecular weight excluding hydrogens is 296 g/mol. The van der Waals surface area contributed by atoms with Gasteiger partial charge in [0.05, 0.1) is 4.92 Å². The number of para-hydroxylation sites is 1. The molecule has 0 aromatic heterocycles. The number of benzene rings is 2. The number of nitrogen functional groups attached to an aromatic ring is 1. The number of hydrogen-bond acceptors (Lipinski definition) is 4. The molecule has 0 atom stereocenters. The topological polar surface area (TPSA) is 69.2 Å². The van der Waals surface area contributed by atoms with Gasteiger partial charge in [-0.05, 0) is 23.3 Å². The first-order valence-corrected chi connectivity index (χ1v) is 7.45. The Balaban J connectivity index is 1.99. The molecule has 0 fully saturated rings. The molecule has 4 nitrogen and oxygen atoms in total. The fourth-order valence-corrected chi connectivity index (χ4v) is 2.87. The van der Waals surface area contributed by atoms with Gasteiger partial charge in [-0.1, -0.05) is 35.9 Å². The van der Waals surface area contributed by atoms with Gasteiger partial charge in [-0.15, -0.1) is 0 Å². The molecule has 2 N–H and O–H groups in total. The average Bonchev–Trinajstić information content (AvgIpc) is 2.42. The quantitative estimate of drug-likeness (QED) is 0.509. The minimum absolute atomic E-state index is 0.0328. The largest absolute Gasteiger partial charge is 0.393 e. The normalized spacial score (nSPS) is 10.4. The van der Waals surface area contributed by atoms with Crippen LogP contribution in [0, 0.1) is 10.1 Å². The van der Waals surface area contributed by atoms with Crippen LogP contribution in [0.2, 0.25) is 5.02 Å². The summed E-state index contributed by atoms with van der Waals surface area (Å²) in [6, 6.07) is 12.5. The van der Waals surface area contributed by atoms with Crippen LogP contribution < -0.4 is 5.73 Å². The summed E-state index contributed by atoms with van der Waals surface area (Å²) in [4.78, 5) is 10.4. The summed E-state index contributed by atoms with van der Waals surface area (Å²) in [6.07, 6.45) is 0. The van der Waals surface area contributed by atoms with Gasteiger partial charge in [-0.25, -0.2) is 0 Å². The molecule has 0 aliphatic rings. The van der Waals surface area contributed by atoms with Gasteiger partial charge < -0.3 is 5.73 Å². The molecule has 0 saturated heterocycles. The Morgan fingerprint density at radius 2 is 1.85 bits per heavy atom. The van der Waals surface area contributed by atoms with Crippen LogP contribution in [0.25, 0.3) is 0 Å². The minimum Gasteiger partial charge on any atom is -0.393 e. The lowest BCUT2D eigenvalue weighted by Crippen LogP contribution is -1.99. The van der Waals surface area contributed by atoms with Gasteiger partial charge in [0.2, 0.25) is 0 Å². The predicted molar refractivity (Wildman–Crippen MR) is 84.0 cm³/mol. The lowest BCUT2D eigenvalue weighted by molar-refractivity contribution is -0.383. The van der Waals surface area contributed by atoms with E-state index in [1.54, 1.807) is 17.8 Å². The SMILES string of the molecule is Nc1c(CSCc2ccc(Cl)cc2)cccc1[N+](=O)[O-]. The van der Waals surface area contributed by atoms with Crippen LogP contribution in [0.15, 0.2) is 42.5 Å². The molecule has 0 unspecified atom stereocenters. The number of thioether (sulfide) groups is 1. The third-order valence-corrected chi connectivity index (χ3v) is 4.11. The molecule has 0 spiro atoms. The van der Waals surface area contributed by atoms with E-state index in [2.05, 4.69) is 0 Å². The number of nitro benzene ring substituents is 1. The second kappa shape index (κ2) is 6.63. The molecule has 0 heterocycles. The van der Waals surface area contributed by atoms with E-state index in [1.807, 2.05) is 30.3 Å². The van der Waals surface area contributed by atoms with Crippen LogP contribution in [0.1, 0.15) is 11.1 Å². The number of nitrogens with two attached hydrogens (primary N) is 1. The van der Waals surface area contributed by atoms with E-state index in [9.17, 15) is 10.1 Å². The van der Waals surface area contributed by atoms with Crippen molar-refractivity contribution < 1.29 is 4.92 Å². The highest BCUT2D eigenvalue weighted by Gasteiger charge is 2.13. The van der Waals surface area contributed by atoms with Crippen molar-refractivity contribution in [1.29, 1.82) is 0 Å². The van der Waals surface area contributed by atoms with Crippen LogP contribution in [0.3, 0.4) is 0 Å². The molecule has 20 heavy (non-hydrogen) atoms. The second-order valence-electron chi connectivity index (χ2n) is 4.23. The maximum Gasteiger partial charge on any atom is 0.292 e. The Labute approximate surface area is 126 Å². The Hall–Kier alpha value is -1.72. The fourth-order valence-electron chi connectivity index (χ4n) is 1.74. The molecule has 2 aromatic rings. The molecule has 0 aliphatic carbocycles. The van der Waals surface area contributed by atoms with Crippen LogP contribution in [0.5, 0.6) is 0 Å². The van der Waals surface area contributed by atoms with E-state index in [0.717, 1.165) is 16.9 Å². The van der Waals surface area contributed by atoms with Crippen molar-refractivity contribution in [2.24, 2.45) is 0 Å². The monoisotopic (exact) mass is 308 g/mol. The highest BCUT2D eigenvalue weighted by atomic mass is 35.5.